The lowest BCUT2D eigenvalue weighted by Crippen LogP contribution is -2.58. The van der Waals surface area contributed by atoms with E-state index in [0.29, 0.717) is 0 Å². The molecule has 2 saturated heterocycles. The van der Waals surface area contributed by atoms with E-state index < -0.39 is 40.6 Å². The number of likely N-dealkylation sites (tertiary alicyclic amines) is 1. The van der Waals surface area contributed by atoms with Gasteiger partial charge in [-0.15, -0.1) is 0 Å². The fourth-order valence-electron chi connectivity index (χ4n) is 3.56. The van der Waals surface area contributed by atoms with Crippen LogP contribution in [0.15, 0.2) is 35.2 Å². The third-order valence-corrected chi connectivity index (χ3v) is 7.16. The van der Waals surface area contributed by atoms with Gasteiger partial charge in [-0.3, -0.25) is 0 Å². The summed E-state index contributed by atoms with van der Waals surface area (Å²) >= 11 is 0. The Bertz CT molecular complexity index is 841. The lowest BCUT2D eigenvalue weighted by molar-refractivity contribution is -0.215. The minimum atomic E-state index is -4.86. The highest BCUT2D eigenvalue weighted by atomic mass is 32.2. The maximum absolute atomic E-state index is 12.9. The van der Waals surface area contributed by atoms with Gasteiger partial charge in [-0.2, -0.15) is 17.5 Å². The topological polar surface area (TPSA) is 96.4 Å². The van der Waals surface area contributed by atoms with Gasteiger partial charge >= 0.3 is 12.3 Å². The summed E-state index contributed by atoms with van der Waals surface area (Å²) in [6.45, 7) is -0.800. The molecule has 0 unspecified atom stereocenters. The zero-order valence-corrected chi connectivity index (χ0v) is 16.9. The highest BCUT2D eigenvalue weighted by molar-refractivity contribution is 7.89. The molecule has 3 rings (SSSR count). The average Bonchev–Trinajstić information content (AvgIpc) is 2.72. The molecule has 12 heteroatoms. The highest BCUT2D eigenvalue weighted by Crippen LogP contribution is 2.33. The zero-order valence-electron chi connectivity index (χ0n) is 16.0. The summed E-state index contributed by atoms with van der Waals surface area (Å²) in [5, 5.41) is 8.81. The van der Waals surface area contributed by atoms with Crippen molar-refractivity contribution in [3.63, 3.8) is 0 Å². The number of aliphatic hydroxyl groups excluding tert-OH is 1. The average molecular weight is 452 g/mol. The number of sulfonamides is 1. The van der Waals surface area contributed by atoms with Crippen LogP contribution in [-0.4, -0.2) is 86.1 Å². The number of nitrogens with zero attached hydrogens (tertiary/aromatic N) is 2. The second-order valence-corrected chi connectivity index (χ2v) is 9.20. The minimum Gasteiger partial charge on any atom is -0.434 e. The van der Waals surface area contributed by atoms with Crippen LogP contribution in [0.1, 0.15) is 12.8 Å². The standard InChI is InChI=1S/C18H23F3N2O6S/c19-18(20,21)15(12-24)29-16(25)22-8-6-17(7-9-22)13-23(10-11-28-17)30(26,27)14-4-2-1-3-5-14/h1-5,15,24H,6-13H2/t15-/m1/s1. The quantitative estimate of drug-likeness (QED) is 0.746. The largest absolute Gasteiger partial charge is 0.434 e. The molecular formula is C18H23F3N2O6S. The van der Waals surface area contributed by atoms with Crippen LogP contribution in [0.25, 0.3) is 0 Å². The number of hydrogen-bond donors (Lipinski definition) is 1. The van der Waals surface area contributed by atoms with Crippen LogP contribution < -0.4 is 0 Å². The first-order valence-corrected chi connectivity index (χ1v) is 10.8. The van der Waals surface area contributed by atoms with Crippen LogP contribution in [0.2, 0.25) is 0 Å². The van der Waals surface area contributed by atoms with Crippen LogP contribution in [0.3, 0.4) is 0 Å². The maximum atomic E-state index is 12.9. The summed E-state index contributed by atoms with van der Waals surface area (Å²) in [6, 6.07) is 8.00. The number of piperidine rings is 1. The molecule has 30 heavy (non-hydrogen) atoms. The number of benzene rings is 1. The normalized spacial score (nSPS) is 21.4. The van der Waals surface area contributed by atoms with Gasteiger partial charge in [0.2, 0.25) is 16.1 Å². The number of rotatable bonds is 4. The third kappa shape index (κ3) is 4.88. The number of aliphatic hydroxyl groups is 1. The van der Waals surface area contributed by atoms with Gasteiger partial charge in [0.15, 0.2) is 0 Å². The van der Waals surface area contributed by atoms with Gasteiger partial charge in [0, 0.05) is 26.2 Å². The Labute approximate surface area is 172 Å². The Morgan fingerprint density at radius 3 is 2.40 bits per heavy atom. The fourth-order valence-corrected chi connectivity index (χ4v) is 5.08. The van der Waals surface area contributed by atoms with Gasteiger partial charge in [-0.05, 0) is 25.0 Å². The van der Waals surface area contributed by atoms with E-state index in [1.54, 1.807) is 18.2 Å². The van der Waals surface area contributed by atoms with Crippen molar-refractivity contribution >= 4 is 16.1 Å². The van der Waals surface area contributed by atoms with Crippen molar-refractivity contribution in [3.8, 4) is 0 Å². The van der Waals surface area contributed by atoms with E-state index >= 15 is 0 Å². The molecule has 2 aliphatic heterocycles. The number of carbonyl (C=O) groups is 1. The van der Waals surface area contributed by atoms with Crippen molar-refractivity contribution in [1.29, 1.82) is 0 Å². The summed E-state index contributed by atoms with van der Waals surface area (Å²) in [6.07, 6.45) is -8.12. The Balaban J connectivity index is 1.63. The molecule has 1 N–H and O–H groups in total. The number of alkyl halides is 3. The van der Waals surface area contributed by atoms with Gasteiger partial charge < -0.3 is 19.5 Å². The van der Waals surface area contributed by atoms with Crippen LogP contribution in [0.4, 0.5) is 18.0 Å². The number of hydrogen-bond acceptors (Lipinski definition) is 6. The predicted octanol–water partition coefficient (Wildman–Crippen LogP) is 1.60. The molecule has 0 aromatic heterocycles. The molecule has 0 bridgehead atoms. The molecule has 168 valence electrons. The predicted molar refractivity (Wildman–Crippen MR) is 98.1 cm³/mol. The molecule has 0 saturated carbocycles. The van der Waals surface area contributed by atoms with Crippen LogP contribution in [0, 0.1) is 0 Å². The first-order valence-electron chi connectivity index (χ1n) is 9.40. The molecule has 2 aliphatic rings. The first-order chi connectivity index (χ1) is 14.1. The van der Waals surface area contributed by atoms with E-state index in [-0.39, 0.29) is 50.5 Å². The molecule has 2 fully saturated rings. The second kappa shape index (κ2) is 8.69. The molecule has 2 heterocycles. The van der Waals surface area contributed by atoms with Crippen molar-refractivity contribution in [2.24, 2.45) is 0 Å². The number of carbonyl (C=O) groups excluding carboxylic acids is 1. The van der Waals surface area contributed by atoms with E-state index in [9.17, 15) is 26.4 Å². The monoisotopic (exact) mass is 452 g/mol. The van der Waals surface area contributed by atoms with Crippen molar-refractivity contribution in [2.45, 2.75) is 35.6 Å². The van der Waals surface area contributed by atoms with Crippen LogP contribution >= 0.6 is 0 Å². The molecule has 1 spiro atoms. The highest BCUT2D eigenvalue weighted by Gasteiger charge is 2.46. The smallest absolute Gasteiger partial charge is 0.427 e. The third-order valence-electron chi connectivity index (χ3n) is 5.30. The number of ether oxygens (including phenoxy) is 2. The Hall–Kier alpha value is -1.89. The van der Waals surface area contributed by atoms with Gasteiger partial charge in [-0.25, -0.2) is 13.2 Å². The summed E-state index contributed by atoms with van der Waals surface area (Å²) in [5.41, 5.74) is -0.822. The number of amides is 1. The van der Waals surface area contributed by atoms with E-state index in [2.05, 4.69) is 4.74 Å². The lowest BCUT2D eigenvalue weighted by atomic mass is 9.90. The summed E-state index contributed by atoms with van der Waals surface area (Å²) in [4.78, 5) is 13.3. The van der Waals surface area contributed by atoms with E-state index in [4.69, 9.17) is 9.84 Å². The van der Waals surface area contributed by atoms with Crippen molar-refractivity contribution in [3.05, 3.63) is 30.3 Å². The molecule has 0 aliphatic carbocycles. The molecule has 0 radical (unpaired) electrons. The van der Waals surface area contributed by atoms with Gasteiger partial charge in [0.25, 0.3) is 0 Å². The molecule has 1 atom stereocenters. The second-order valence-electron chi connectivity index (χ2n) is 7.27. The summed E-state index contributed by atoms with van der Waals surface area (Å²) in [5.74, 6) is 0. The van der Waals surface area contributed by atoms with Crippen molar-refractivity contribution in [1.82, 2.24) is 9.21 Å². The van der Waals surface area contributed by atoms with Gasteiger partial charge in [-0.1, -0.05) is 18.2 Å². The SMILES string of the molecule is O=C(O[C@H](CO)C(F)(F)F)N1CCC2(CC1)CN(S(=O)(=O)c1ccccc1)CCO2. The van der Waals surface area contributed by atoms with E-state index in [1.165, 1.54) is 16.4 Å². The van der Waals surface area contributed by atoms with Crippen LogP contribution in [-0.2, 0) is 19.5 Å². The summed E-state index contributed by atoms with van der Waals surface area (Å²) in [7, 11) is -3.71. The van der Waals surface area contributed by atoms with Gasteiger partial charge in [0.05, 0.1) is 23.7 Å². The zero-order chi connectivity index (χ0) is 22.0. The van der Waals surface area contributed by atoms with Crippen molar-refractivity contribution in [2.75, 3.05) is 39.4 Å². The maximum Gasteiger partial charge on any atom is 0.427 e. The minimum absolute atomic E-state index is 0.0497. The number of morpholine rings is 1. The Morgan fingerprint density at radius 1 is 1.20 bits per heavy atom. The number of halogens is 3. The van der Waals surface area contributed by atoms with Crippen LogP contribution in [0.5, 0.6) is 0 Å². The molecule has 1 aromatic rings. The van der Waals surface area contributed by atoms with Gasteiger partial charge in [0.1, 0.15) is 0 Å². The Morgan fingerprint density at radius 2 is 1.83 bits per heavy atom. The molecule has 1 amide bonds. The first kappa shape index (κ1) is 22.8. The summed E-state index contributed by atoms with van der Waals surface area (Å²) < 4.78 is 75.4. The molecule has 8 nitrogen and oxygen atoms in total. The van der Waals surface area contributed by atoms with Crippen molar-refractivity contribution < 1.29 is 41.0 Å². The van der Waals surface area contributed by atoms with E-state index in [0.717, 1.165) is 4.90 Å². The Kier molecular flexibility index (Phi) is 6.60. The van der Waals surface area contributed by atoms with E-state index in [1.807, 2.05) is 0 Å². The molecule has 1 aromatic carbocycles. The molecular weight excluding hydrogens is 429 g/mol. The lowest BCUT2D eigenvalue weighted by Gasteiger charge is -2.46. The fraction of sp³-hybridized carbons (Fsp3) is 0.611.